The number of benzene rings is 7. The van der Waals surface area contributed by atoms with Gasteiger partial charge in [0.25, 0.3) is 0 Å². The van der Waals surface area contributed by atoms with Crippen LogP contribution in [0.5, 0.6) is 0 Å². The molecule has 0 aliphatic heterocycles. The van der Waals surface area contributed by atoms with Crippen LogP contribution in [0.1, 0.15) is 31.4 Å². The van der Waals surface area contributed by atoms with Gasteiger partial charge in [-0.15, -0.1) is 0 Å². The van der Waals surface area contributed by atoms with Crippen LogP contribution < -0.4 is 0 Å². The van der Waals surface area contributed by atoms with E-state index in [-0.39, 0.29) is 5.41 Å². The van der Waals surface area contributed by atoms with Crippen LogP contribution in [-0.4, -0.2) is 15.0 Å². The zero-order valence-corrected chi connectivity index (χ0v) is 29.8. The fourth-order valence-corrected chi connectivity index (χ4v) is 8.69. The summed E-state index contributed by atoms with van der Waals surface area (Å²) in [4.78, 5) is 15.3. The van der Waals surface area contributed by atoms with E-state index in [2.05, 4.69) is 105 Å². The highest BCUT2D eigenvalue weighted by molar-refractivity contribution is 6.17. The quantitative estimate of drug-likeness (QED) is 0.179. The second kappa shape index (κ2) is 11.6. The van der Waals surface area contributed by atoms with Gasteiger partial charge in [0.2, 0.25) is 0 Å². The maximum atomic E-state index is 6.80. The summed E-state index contributed by atoms with van der Waals surface area (Å²) in [5.74, 6) is 1.79. The lowest BCUT2D eigenvalue weighted by atomic mass is 9.78. The van der Waals surface area contributed by atoms with Crippen LogP contribution in [0.25, 0.3) is 100 Å². The number of hydrogen-bond acceptors (Lipinski definition) is 5. The minimum Gasteiger partial charge on any atom is -0.456 e. The van der Waals surface area contributed by atoms with Crippen LogP contribution in [0, 0.1) is 0 Å². The maximum Gasteiger partial charge on any atom is 0.164 e. The van der Waals surface area contributed by atoms with Crippen molar-refractivity contribution in [3.8, 4) is 56.4 Å². The molecule has 0 radical (unpaired) electrons. The number of aromatic nitrogens is 3. The zero-order valence-electron chi connectivity index (χ0n) is 29.8. The summed E-state index contributed by atoms with van der Waals surface area (Å²) in [6.07, 6.45) is 1.02. The van der Waals surface area contributed by atoms with Crippen molar-refractivity contribution in [2.75, 3.05) is 0 Å². The van der Waals surface area contributed by atoms with Crippen molar-refractivity contribution in [2.45, 2.75) is 25.7 Å². The Bertz CT molecular complexity index is 3120. The lowest BCUT2D eigenvalue weighted by Crippen LogP contribution is -2.18. The monoisotopic (exact) mass is 695 g/mol. The van der Waals surface area contributed by atoms with Gasteiger partial charge < -0.3 is 8.83 Å². The van der Waals surface area contributed by atoms with Crippen LogP contribution in [0.15, 0.2) is 160 Å². The highest BCUT2D eigenvalue weighted by Crippen LogP contribution is 2.54. The minimum absolute atomic E-state index is 0.0477. The van der Waals surface area contributed by atoms with Crippen LogP contribution in [0.2, 0.25) is 0 Å². The standard InChI is InChI=1S/C49H33N3O2/c1-3-49(2)37-23-9-7-18-33(37)43-38(49)26-27-41-44(43)35-21-12-20-32(45(35)54-41)30-16-11-17-31(28-30)47-50-46(29-14-5-4-6-15-29)51-48(52-47)36-22-13-25-40-42(36)34-19-8-10-24-39(34)53-40/h4-28H,3H2,1-2H3. The third-order valence-electron chi connectivity index (χ3n) is 11.5. The molecule has 0 bridgehead atoms. The van der Waals surface area contributed by atoms with E-state index in [1.165, 1.54) is 27.6 Å². The second-order valence-electron chi connectivity index (χ2n) is 14.4. The molecule has 1 aliphatic rings. The molecule has 0 amide bonds. The molecule has 1 unspecified atom stereocenters. The molecule has 256 valence electrons. The number of rotatable bonds is 5. The van der Waals surface area contributed by atoms with Gasteiger partial charge in [-0.05, 0) is 58.5 Å². The van der Waals surface area contributed by atoms with E-state index in [4.69, 9.17) is 23.8 Å². The first-order valence-corrected chi connectivity index (χ1v) is 18.5. The van der Waals surface area contributed by atoms with Gasteiger partial charge in [0, 0.05) is 49.2 Å². The average Bonchev–Trinajstić information content (AvgIpc) is 3.89. The molecular formula is C49H33N3O2. The Balaban J connectivity index is 1.10. The summed E-state index contributed by atoms with van der Waals surface area (Å²) in [6, 6.07) is 52.5. The first kappa shape index (κ1) is 30.7. The van der Waals surface area contributed by atoms with Crippen molar-refractivity contribution < 1.29 is 8.83 Å². The van der Waals surface area contributed by atoms with Gasteiger partial charge in [-0.2, -0.15) is 0 Å². The molecule has 7 aromatic carbocycles. The Morgan fingerprint density at radius 2 is 1.09 bits per heavy atom. The molecule has 5 heteroatoms. The number of fused-ring (bicyclic) bond motifs is 10. The molecule has 3 aromatic heterocycles. The summed E-state index contributed by atoms with van der Waals surface area (Å²) >= 11 is 0. The number of hydrogen-bond donors (Lipinski definition) is 0. The topological polar surface area (TPSA) is 65.0 Å². The van der Waals surface area contributed by atoms with Gasteiger partial charge in [0.05, 0.1) is 0 Å². The molecule has 0 saturated heterocycles. The number of para-hydroxylation sites is 2. The Hall–Kier alpha value is -6.85. The van der Waals surface area contributed by atoms with Crippen molar-refractivity contribution >= 4 is 43.9 Å². The highest BCUT2D eigenvalue weighted by Gasteiger charge is 2.39. The van der Waals surface area contributed by atoms with Gasteiger partial charge in [-0.25, -0.2) is 15.0 Å². The lowest BCUT2D eigenvalue weighted by molar-refractivity contribution is 0.564. The minimum atomic E-state index is -0.0477. The first-order chi connectivity index (χ1) is 26.6. The fourth-order valence-electron chi connectivity index (χ4n) is 8.69. The maximum absolute atomic E-state index is 6.80. The van der Waals surface area contributed by atoms with Crippen molar-refractivity contribution in [1.82, 2.24) is 15.0 Å². The Morgan fingerprint density at radius 1 is 0.463 bits per heavy atom. The molecule has 54 heavy (non-hydrogen) atoms. The Morgan fingerprint density at radius 3 is 1.98 bits per heavy atom. The molecule has 3 heterocycles. The van der Waals surface area contributed by atoms with Gasteiger partial charge in [0.15, 0.2) is 17.5 Å². The third-order valence-corrected chi connectivity index (χ3v) is 11.5. The van der Waals surface area contributed by atoms with Gasteiger partial charge >= 0.3 is 0 Å². The molecule has 0 N–H and O–H groups in total. The second-order valence-corrected chi connectivity index (χ2v) is 14.4. The van der Waals surface area contributed by atoms with E-state index in [1.54, 1.807) is 0 Å². The zero-order chi connectivity index (χ0) is 36.0. The van der Waals surface area contributed by atoms with Crippen LogP contribution >= 0.6 is 0 Å². The molecule has 0 spiro atoms. The van der Waals surface area contributed by atoms with Gasteiger partial charge in [-0.1, -0.05) is 141 Å². The molecule has 1 atom stereocenters. The highest BCUT2D eigenvalue weighted by atomic mass is 16.3. The average molecular weight is 696 g/mol. The summed E-state index contributed by atoms with van der Waals surface area (Å²) < 4.78 is 13.0. The predicted octanol–water partition coefficient (Wildman–Crippen LogP) is 13.0. The number of nitrogens with zero attached hydrogens (tertiary/aromatic N) is 3. The number of furan rings is 2. The normalized spacial score (nSPS) is 15.0. The van der Waals surface area contributed by atoms with E-state index < -0.39 is 0 Å². The third kappa shape index (κ3) is 4.42. The van der Waals surface area contributed by atoms with E-state index in [1.807, 2.05) is 60.7 Å². The van der Waals surface area contributed by atoms with Crippen molar-refractivity contribution in [1.29, 1.82) is 0 Å². The predicted molar refractivity (Wildman–Crippen MR) is 218 cm³/mol. The molecule has 0 fully saturated rings. The van der Waals surface area contributed by atoms with Crippen LogP contribution in [0.4, 0.5) is 0 Å². The fraction of sp³-hybridized carbons (Fsp3) is 0.0816. The SMILES string of the molecule is CCC1(C)c2ccccc2-c2c1ccc1oc3c(-c4cccc(-c5nc(-c6ccccc6)nc(-c6cccc7oc8ccccc8c67)n5)c4)cccc3c21. The summed E-state index contributed by atoms with van der Waals surface area (Å²) in [5, 5.41) is 4.32. The smallest absolute Gasteiger partial charge is 0.164 e. The molecule has 10 aromatic rings. The molecule has 5 nitrogen and oxygen atoms in total. The van der Waals surface area contributed by atoms with Gasteiger partial charge in [0.1, 0.15) is 22.3 Å². The van der Waals surface area contributed by atoms with Crippen LogP contribution in [-0.2, 0) is 5.41 Å². The molecule has 1 aliphatic carbocycles. The molecule has 0 saturated carbocycles. The lowest BCUT2D eigenvalue weighted by Gasteiger charge is -2.25. The van der Waals surface area contributed by atoms with E-state index in [0.717, 1.165) is 72.7 Å². The molecule has 11 rings (SSSR count). The van der Waals surface area contributed by atoms with Crippen molar-refractivity contribution in [3.63, 3.8) is 0 Å². The van der Waals surface area contributed by atoms with Crippen molar-refractivity contribution in [3.05, 3.63) is 163 Å². The Labute approximate surface area is 311 Å². The van der Waals surface area contributed by atoms with E-state index >= 15 is 0 Å². The summed E-state index contributed by atoms with van der Waals surface area (Å²) in [6.45, 7) is 4.66. The Kier molecular flexibility index (Phi) is 6.59. The summed E-state index contributed by atoms with van der Waals surface area (Å²) in [5.41, 5.74) is 13.5. The first-order valence-electron chi connectivity index (χ1n) is 18.5. The molecular weight excluding hydrogens is 663 g/mol. The largest absolute Gasteiger partial charge is 0.456 e. The van der Waals surface area contributed by atoms with E-state index in [9.17, 15) is 0 Å². The van der Waals surface area contributed by atoms with E-state index in [0.29, 0.717) is 17.5 Å². The van der Waals surface area contributed by atoms with Crippen LogP contribution in [0.3, 0.4) is 0 Å². The van der Waals surface area contributed by atoms with Gasteiger partial charge in [-0.3, -0.25) is 0 Å². The summed E-state index contributed by atoms with van der Waals surface area (Å²) in [7, 11) is 0. The van der Waals surface area contributed by atoms with Crippen molar-refractivity contribution in [2.24, 2.45) is 0 Å².